The van der Waals surface area contributed by atoms with Gasteiger partial charge in [-0.1, -0.05) is 35.6 Å². The van der Waals surface area contributed by atoms with Crippen LogP contribution in [0.2, 0.25) is 0 Å². The first-order valence-corrected chi connectivity index (χ1v) is 12.8. The van der Waals surface area contributed by atoms with E-state index in [2.05, 4.69) is 24.0 Å². The topological polar surface area (TPSA) is 54.9 Å². The number of amides is 1. The van der Waals surface area contributed by atoms with Crippen molar-refractivity contribution in [1.82, 2.24) is 9.88 Å². The summed E-state index contributed by atoms with van der Waals surface area (Å²) in [5.74, 6) is 1.41. The predicted molar refractivity (Wildman–Crippen MR) is 141 cm³/mol. The van der Waals surface area contributed by atoms with Crippen LogP contribution in [0.25, 0.3) is 10.2 Å². The maximum atomic E-state index is 13.7. The normalized spacial score (nSPS) is 14.2. The fourth-order valence-corrected chi connectivity index (χ4v) is 5.23. The second-order valence-electron chi connectivity index (χ2n) is 8.67. The maximum Gasteiger partial charge on any atom is 0.260 e. The summed E-state index contributed by atoms with van der Waals surface area (Å²) in [5.41, 5.74) is 2.73. The van der Waals surface area contributed by atoms with Gasteiger partial charge in [-0.2, -0.15) is 0 Å². The molecule has 5 rings (SSSR count). The summed E-state index contributed by atoms with van der Waals surface area (Å²) in [7, 11) is 0. The lowest BCUT2D eigenvalue weighted by molar-refractivity contribution is 0.0376. The molecule has 0 unspecified atom stereocenters. The van der Waals surface area contributed by atoms with E-state index in [-0.39, 0.29) is 5.91 Å². The number of hydrogen-bond donors (Lipinski definition) is 0. The van der Waals surface area contributed by atoms with E-state index in [0.29, 0.717) is 17.9 Å². The van der Waals surface area contributed by atoms with Crippen LogP contribution in [0.4, 0.5) is 5.13 Å². The van der Waals surface area contributed by atoms with Gasteiger partial charge < -0.3 is 9.47 Å². The second-order valence-corrected chi connectivity index (χ2v) is 9.68. The molecule has 0 atom stereocenters. The number of aryl methyl sites for hydroxylation is 1. The van der Waals surface area contributed by atoms with Crippen molar-refractivity contribution in [3.05, 3.63) is 83.9 Å². The molecule has 0 saturated carbocycles. The monoisotopic (exact) mass is 487 g/mol. The lowest BCUT2D eigenvalue weighted by Crippen LogP contribution is -2.39. The summed E-state index contributed by atoms with van der Waals surface area (Å²) in [4.78, 5) is 22.7. The summed E-state index contributed by atoms with van der Waals surface area (Å²) in [6.45, 7) is 7.05. The van der Waals surface area contributed by atoms with Gasteiger partial charge in [0.05, 0.1) is 23.4 Å². The minimum atomic E-state index is -0.0472. The minimum absolute atomic E-state index is 0.0472. The van der Waals surface area contributed by atoms with Gasteiger partial charge in [0, 0.05) is 31.7 Å². The van der Waals surface area contributed by atoms with Gasteiger partial charge >= 0.3 is 0 Å². The Bertz CT molecular complexity index is 1270. The van der Waals surface area contributed by atoms with Gasteiger partial charge in [-0.25, -0.2) is 4.98 Å². The molecule has 7 heteroatoms. The maximum absolute atomic E-state index is 13.7. The molecule has 4 aromatic rings. The summed E-state index contributed by atoms with van der Waals surface area (Å²) in [5, 5.41) is 0.738. The number of morpholine rings is 1. The average molecular weight is 488 g/mol. The van der Waals surface area contributed by atoms with Crippen molar-refractivity contribution in [2.45, 2.75) is 13.3 Å². The molecular weight excluding hydrogens is 458 g/mol. The van der Waals surface area contributed by atoms with Crippen LogP contribution in [0.15, 0.2) is 72.8 Å². The zero-order chi connectivity index (χ0) is 24.0. The quantitative estimate of drug-likeness (QED) is 0.316. The molecule has 1 amide bonds. The first-order chi connectivity index (χ1) is 17.2. The highest BCUT2D eigenvalue weighted by atomic mass is 32.1. The van der Waals surface area contributed by atoms with Gasteiger partial charge in [0.25, 0.3) is 5.91 Å². The lowest BCUT2D eigenvalue weighted by Gasteiger charge is -2.27. The zero-order valence-corrected chi connectivity index (χ0v) is 20.7. The van der Waals surface area contributed by atoms with Gasteiger partial charge in [0.1, 0.15) is 11.5 Å². The van der Waals surface area contributed by atoms with Crippen molar-refractivity contribution >= 4 is 32.6 Å². The number of hydrogen-bond acceptors (Lipinski definition) is 6. The average Bonchev–Trinajstić information content (AvgIpc) is 3.31. The summed E-state index contributed by atoms with van der Waals surface area (Å²) in [6.07, 6.45) is 0.871. The Morgan fingerprint density at radius 3 is 2.54 bits per heavy atom. The number of rotatable bonds is 8. The summed E-state index contributed by atoms with van der Waals surface area (Å²) < 4.78 is 12.4. The Balaban J connectivity index is 1.34. The van der Waals surface area contributed by atoms with E-state index in [0.717, 1.165) is 60.4 Å². The largest absolute Gasteiger partial charge is 0.457 e. The van der Waals surface area contributed by atoms with Gasteiger partial charge in [-0.3, -0.25) is 14.6 Å². The molecular formula is C28H29N3O3S. The van der Waals surface area contributed by atoms with Crippen molar-refractivity contribution in [1.29, 1.82) is 0 Å². The Labute approximate surface area is 209 Å². The van der Waals surface area contributed by atoms with Crippen molar-refractivity contribution in [2.24, 2.45) is 0 Å². The number of para-hydroxylation sites is 1. The van der Waals surface area contributed by atoms with Crippen LogP contribution in [-0.4, -0.2) is 55.2 Å². The number of ether oxygens (including phenoxy) is 2. The Kier molecular flexibility index (Phi) is 7.37. The number of carbonyl (C=O) groups excluding carboxylic acids is 1. The molecule has 3 aromatic carbocycles. The molecule has 0 N–H and O–H groups in total. The zero-order valence-electron chi connectivity index (χ0n) is 19.9. The molecule has 1 saturated heterocycles. The smallest absolute Gasteiger partial charge is 0.260 e. The molecule has 180 valence electrons. The van der Waals surface area contributed by atoms with Crippen LogP contribution in [0.3, 0.4) is 0 Å². The Morgan fingerprint density at radius 2 is 1.77 bits per heavy atom. The SMILES string of the molecule is Cc1ccc2nc(N(CCCN3CCOCC3)C(=O)c3ccc(Oc4ccccc4)cc3)sc2c1. The molecule has 1 aliphatic heterocycles. The van der Waals surface area contributed by atoms with Crippen LogP contribution in [-0.2, 0) is 4.74 Å². The van der Waals surface area contributed by atoms with E-state index >= 15 is 0 Å². The van der Waals surface area contributed by atoms with E-state index in [9.17, 15) is 4.79 Å². The third kappa shape index (κ3) is 5.88. The first kappa shape index (κ1) is 23.5. The van der Waals surface area contributed by atoms with E-state index in [1.807, 2.05) is 65.6 Å². The number of aromatic nitrogens is 1. The van der Waals surface area contributed by atoms with Crippen molar-refractivity contribution < 1.29 is 14.3 Å². The van der Waals surface area contributed by atoms with Crippen molar-refractivity contribution in [3.8, 4) is 11.5 Å². The van der Waals surface area contributed by atoms with Crippen LogP contribution in [0.5, 0.6) is 11.5 Å². The number of thiazole rings is 1. The molecule has 0 radical (unpaired) electrons. The van der Waals surface area contributed by atoms with Crippen molar-refractivity contribution in [3.63, 3.8) is 0 Å². The second kappa shape index (κ2) is 11.0. The fourth-order valence-electron chi connectivity index (χ4n) is 4.14. The highest BCUT2D eigenvalue weighted by molar-refractivity contribution is 7.22. The van der Waals surface area contributed by atoms with Gasteiger partial charge in [0.2, 0.25) is 0 Å². The molecule has 35 heavy (non-hydrogen) atoms. The number of anilines is 1. The van der Waals surface area contributed by atoms with Gasteiger partial charge in [-0.05, 0) is 67.4 Å². The number of carbonyl (C=O) groups is 1. The highest BCUT2D eigenvalue weighted by Crippen LogP contribution is 2.31. The molecule has 0 bridgehead atoms. The number of benzene rings is 3. The van der Waals surface area contributed by atoms with Crippen LogP contribution >= 0.6 is 11.3 Å². The fraction of sp³-hybridized carbons (Fsp3) is 0.286. The molecule has 0 aliphatic carbocycles. The number of nitrogens with zero attached hydrogens (tertiary/aromatic N) is 3. The molecule has 6 nitrogen and oxygen atoms in total. The highest BCUT2D eigenvalue weighted by Gasteiger charge is 2.22. The molecule has 0 spiro atoms. The van der Waals surface area contributed by atoms with Gasteiger partial charge in [0.15, 0.2) is 5.13 Å². The standard InChI is InChI=1S/C28H29N3O3S/c1-21-8-13-25-26(20-21)35-28(29-25)31(15-5-14-30-16-18-33-19-17-30)27(32)22-9-11-24(12-10-22)34-23-6-3-2-4-7-23/h2-4,6-13,20H,5,14-19H2,1H3. The summed E-state index contributed by atoms with van der Waals surface area (Å²) in [6, 6.07) is 23.2. The third-order valence-corrected chi connectivity index (χ3v) is 7.09. The van der Waals surface area contributed by atoms with E-state index < -0.39 is 0 Å². The van der Waals surface area contributed by atoms with Crippen LogP contribution in [0.1, 0.15) is 22.3 Å². The molecule has 1 aliphatic rings. The third-order valence-electron chi connectivity index (χ3n) is 6.05. The van der Waals surface area contributed by atoms with E-state index in [4.69, 9.17) is 14.5 Å². The summed E-state index contributed by atoms with van der Waals surface area (Å²) >= 11 is 1.57. The van der Waals surface area contributed by atoms with Crippen LogP contribution < -0.4 is 9.64 Å². The van der Waals surface area contributed by atoms with E-state index in [1.54, 1.807) is 11.3 Å². The predicted octanol–water partition coefficient (Wildman–Crippen LogP) is 5.77. The van der Waals surface area contributed by atoms with E-state index in [1.165, 1.54) is 5.56 Å². The number of fused-ring (bicyclic) bond motifs is 1. The molecule has 1 aromatic heterocycles. The lowest BCUT2D eigenvalue weighted by atomic mass is 10.2. The van der Waals surface area contributed by atoms with Crippen molar-refractivity contribution in [2.75, 3.05) is 44.3 Å². The van der Waals surface area contributed by atoms with Crippen LogP contribution in [0, 0.1) is 6.92 Å². The molecule has 2 heterocycles. The minimum Gasteiger partial charge on any atom is -0.457 e. The first-order valence-electron chi connectivity index (χ1n) is 12.0. The van der Waals surface area contributed by atoms with Gasteiger partial charge in [-0.15, -0.1) is 0 Å². The Hall–Kier alpha value is -3.26. The Morgan fingerprint density at radius 1 is 1.03 bits per heavy atom. The molecule has 1 fully saturated rings.